The predicted octanol–water partition coefficient (Wildman–Crippen LogP) is 1.68. The molecule has 0 radical (unpaired) electrons. The van der Waals surface area contributed by atoms with E-state index in [-0.39, 0.29) is 11.7 Å². The summed E-state index contributed by atoms with van der Waals surface area (Å²) in [5.74, 6) is 0.824. The number of nitrogens with one attached hydrogen (secondary N) is 1. The van der Waals surface area contributed by atoms with Crippen LogP contribution >= 0.6 is 11.8 Å². The quantitative estimate of drug-likeness (QED) is 0.814. The molecule has 16 heavy (non-hydrogen) atoms. The molecule has 0 aromatic rings. The third-order valence-corrected chi connectivity index (χ3v) is 4.62. The summed E-state index contributed by atoms with van der Waals surface area (Å²) in [4.78, 5) is 14.4. The van der Waals surface area contributed by atoms with Gasteiger partial charge in [0.1, 0.15) is 0 Å². The first-order valence-corrected chi connectivity index (χ1v) is 7.40. The molecule has 1 spiro atoms. The Labute approximate surface area is 102 Å². The average Bonchev–Trinajstić information content (AvgIpc) is 2.97. The highest BCUT2D eigenvalue weighted by Gasteiger charge is 2.59. The topological polar surface area (TPSA) is 32.3 Å². The van der Waals surface area contributed by atoms with Crippen LogP contribution in [0.1, 0.15) is 33.6 Å². The second-order valence-electron chi connectivity index (χ2n) is 5.42. The SMILES string of the molecule is CSC(C)CN1C(=O)C2(CC2)NC1C(C)C. The van der Waals surface area contributed by atoms with Gasteiger partial charge in [-0.1, -0.05) is 20.8 Å². The normalized spacial score (nSPS) is 29.2. The van der Waals surface area contributed by atoms with Crippen LogP contribution in [-0.2, 0) is 4.79 Å². The van der Waals surface area contributed by atoms with E-state index in [0.717, 1.165) is 19.4 Å². The molecule has 2 unspecified atom stereocenters. The molecule has 92 valence electrons. The van der Waals surface area contributed by atoms with Gasteiger partial charge in [0.15, 0.2) is 0 Å². The van der Waals surface area contributed by atoms with E-state index in [2.05, 4.69) is 37.2 Å². The molecule has 1 saturated carbocycles. The fraction of sp³-hybridized carbons (Fsp3) is 0.917. The van der Waals surface area contributed by atoms with Crippen molar-refractivity contribution in [2.24, 2.45) is 5.92 Å². The molecular formula is C12H22N2OS. The van der Waals surface area contributed by atoms with Crippen LogP contribution in [0, 0.1) is 5.92 Å². The Morgan fingerprint density at radius 3 is 2.56 bits per heavy atom. The van der Waals surface area contributed by atoms with E-state index in [1.54, 1.807) is 0 Å². The fourth-order valence-corrected chi connectivity index (χ4v) is 2.69. The maximum atomic E-state index is 12.3. The first kappa shape index (κ1) is 12.2. The summed E-state index contributed by atoms with van der Waals surface area (Å²) in [6.45, 7) is 7.43. The van der Waals surface area contributed by atoms with Gasteiger partial charge in [-0.3, -0.25) is 10.1 Å². The lowest BCUT2D eigenvalue weighted by molar-refractivity contribution is -0.131. The highest BCUT2D eigenvalue weighted by atomic mass is 32.2. The zero-order valence-electron chi connectivity index (χ0n) is 10.6. The van der Waals surface area contributed by atoms with Crippen molar-refractivity contribution in [3.05, 3.63) is 0 Å². The smallest absolute Gasteiger partial charge is 0.244 e. The Balaban J connectivity index is 2.09. The van der Waals surface area contributed by atoms with Gasteiger partial charge < -0.3 is 4.90 Å². The van der Waals surface area contributed by atoms with Crippen molar-refractivity contribution in [3.63, 3.8) is 0 Å². The van der Waals surface area contributed by atoms with Crippen molar-refractivity contribution in [3.8, 4) is 0 Å². The lowest BCUT2D eigenvalue weighted by Crippen LogP contribution is -2.44. The highest BCUT2D eigenvalue weighted by Crippen LogP contribution is 2.43. The molecule has 4 heteroatoms. The summed E-state index contributed by atoms with van der Waals surface area (Å²) >= 11 is 1.83. The molecule has 0 aromatic carbocycles. The van der Waals surface area contributed by atoms with Crippen LogP contribution in [0.4, 0.5) is 0 Å². The van der Waals surface area contributed by atoms with Crippen molar-refractivity contribution in [1.29, 1.82) is 0 Å². The highest BCUT2D eigenvalue weighted by molar-refractivity contribution is 7.99. The fourth-order valence-electron chi connectivity index (χ4n) is 2.38. The second kappa shape index (κ2) is 4.22. The first-order chi connectivity index (χ1) is 7.50. The Hall–Kier alpha value is -0.220. The van der Waals surface area contributed by atoms with Crippen LogP contribution in [0.5, 0.6) is 0 Å². The van der Waals surface area contributed by atoms with E-state index < -0.39 is 0 Å². The third-order valence-electron chi connectivity index (χ3n) is 3.67. The van der Waals surface area contributed by atoms with Crippen LogP contribution in [0.3, 0.4) is 0 Å². The largest absolute Gasteiger partial charge is 0.324 e. The minimum Gasteiger partial charge on any atom is -0.324 e. The molecule has 2 rings (SSSR count). The van der Waals surface area contributed by atoms with Crippen LogP contribution < -0.4 is 5.32 Å². The third kappa shape index (κ3) is 1.97. The van der Waals surface area contributed by atoms with Crippen LogP contribution in [-0.4, -0.2) is 40.6 Å². The lowest BCUT2D eigenvalue weighted by Gasteiger charge is -2.29. The van der Waals surface area contributed by atoms with Crippen molar-refractivity contribution in [2.45, 2.75) is 50.6 Å². The minimum absolute atomic E-state index is 0.160. The van der Waals surface area contributed by atoms with E-state index in [4.69, 9.17) is 0 Å². The Bertz CT molecular complexity index is 289. The number of hydrogen-bond acceptors (Lipinski definition) is 3. The van der Waals surface area contributed by atoms with Gasteiger partial charge in [-0.2, -0.15) is 11.8 Å². The van der Waals surface area contributed by atoms with Crippen molar-refractivity contribution >= 4 is 17.7 Å². The summed E-state index contributed by atoms with van der Waals surface area (Å²) in [5.41, 5.74) is -0.160. The van der Waals surface area contributed by atoms with Crippen molar-refractivity contribution in [1.82, 2.24) is 10.2 Å². The zero-order chi connectivity index (χ0) is 11.9. The number of carbonyl (C=O) groups is 1. The maximum absolute atomic E-state index is 12.3. The van der Waals surface area contributed by atoms with Crippen LogP contribution in [0.2, 0.25) is 0 Å². The molecule has 1 N–H and O–H groups in total. The Morgan fingerprint density at radius 1 is 1.50 bits per heavy atom. The van der Waals surface area contributed by atoms with Gasteiger partial charge in [0, 0.05) is 11.8 Å². The van der Waals surface area contributed by atoms with E-state index in [1.807, 2.05) is 11.8 Å². The number of hydrogen-bond donors (Lipinski definition) is 1. The number of carbonyl (C=O) groups excluding carboxylic acids is 1. The molecule has 1 aliphatic carbocycles. The van der Waals surface area contributed by atoms with Gasteiger partial charge >= 0.3 is 0 Å². The number of thioether (sulfide) groups is 1. The first-order valence-electron chi connectivity index (χ1n) is 6.12. The number of rotatable bonds is 4. The van der Waals surface area contributed by atoms with Gasteiger partial charge in [0.05, 0.1) is 11.7 Å². The summed E-state index contributed by atoms with van der Waals surface area (Å²) in [7, 11) is 0. The van der Waals surface area contributed by atoms with Crippen molar-refractivity contribution in [2.75, 3.05) is 12.8 Å². The predicted molar refractivity (Wildman–Crippen MR) is 68.4 cm³/mol. The van der Waals surface area contributed by atoms with E-state index in [9.17, 15) is 4.79 Å². The summed E-state index contributed by atoms with van der Waals surface area (Å²) in [5, 5.41) is 4.05. The average molecular weight is 242 g/mol. The van der Waals surface area contributed by atoms with Gasteiger partial charge in [0.25, 0.3) is 0 Å². The molecule has 1 aliphatic heterocycles. The van der Waals surface area contributed by atoms with Gasteiger partial charge in [0.2, 0.25) is 5.91 Å². The molecule has 3 nitrogen and oxygen atoms in total. The monoisotopic (exact) mass is 242 g/mol. The molecule has 2 atom stereocenters. The van der Waals surface area contributed by atoms with E-state index in [0.29, 0.717) is 17.1 Å². The Kier molecular flexibility index (Phi) is 3.23. The van der Waals surface area contributed by atoms with E-state index >= 15 is 0 Å². The Morgan fingerprint density at radius 2 is 2.12 bits per heavy atom. The van der Waals surface area contributed by atoms with Gasteiger partial charge in [-0.05, 0) is 25.0 Å². The molecule has 1 heterocycles. The number of nitrogens with zero attached hydrogens (tertiary/aromatic N) is 1. The molecular weight excluding hydrogens is 220 g/mol. The molecule has 2 fully saturated rings. The van der Waals surface area contributed by atoms with Crippen LogP contribution in [0.25, 0.3) is 0 Å². The standard InChI is InChI=1S/C12H22N2OS/c1-8(2)10-13-12(5-6-12)11(15)14(10)7-9(3)16-4/h8-10,13H,5-7H2,1-4H3. The minimum atomic E-state index is -0.160. The number of amides is 1. The maximum Gasteiger partial charge on any atom is 0.244 e. The summed E-state index contributed by atoms with van der Waals surface area (Å²) in [6, 6.07) is 0. The van der Waals surface area contributed by atoms with E-state index in [1.165, 1.54) is 0 Å². The molecule has 0 bridgehead atoms. The van der Waals surface area contributed by atoms with Gasteiger partial charge in [-0.25, -0.2) is 0 Å². The van der Waals surface area contributed by atoms with Gasteiger partial charge in [-0.15, -0.1) is 0 Å². The molecule has 1 amide bonds. The second-order valence-corrected chi connectivity index (χ2v) is 6.70. The summed E-state index contributed by atoms with van der Waals surface area (Å²) < 4.78 is 0. The molecule has 2 aliphatic rings. The zero-order valence-corrected chi connectivity index (χ0v) is 11.4. The van der Waals surface area contributed by atoms with Crippen molar-refractivity contribution < 1.29 is 4.79 Å². The molecule has 1 saturated heterocycles. The lowest BCUT2D eigenvalue weighted by atomic mass is 10.1. The van der Waals surface area contributed by atoms with Crippen LogP contribution in [0.15, 0.2) is 0 Å². The summed E-state index contributed by atoms with van der Waals surface area (Å²) in [6.07, 6.45) is 4.40. The molecule has 0 aromatic heterocycles.